The van der Waals surface area contributed by atoms with Gasteiger partial charge in [0.25, 0.3) is 0 Å². The van der Waals surface area contributed by atoms with E-state index < -0.39 is 12.1 Å². The summed E-state index contributed by atoms with van der Waals surface area (Å²) in [5.41, 5.74) is 1.68. The summed E-state index contributed by atoms with van der Waals surface area (Å²) in [6, 6.07) is 16.4. The second kappa shape index (κ2) is 13.5. The molecular weight excluding hydrogens is 512 g/mol. The van der Waals surface area contributed by atoms with Gasteiger partial charge < -0.3 is 15.4 Å². The Morgan fingerprint density at radius 3 is 2.68 bits per heavy atom. The zero-order valence-electron chi connectivity index (χ0n) is 20.5. The maximum atomic E-state index is 13.4. The second-order valence-electron chi connectivity index (χ2n) is 9.10. The first-order valence-electron chi connectivity index (χ1n) is 12.5. The van der Waals surface area contributed by atoms with Crippen LogP contribution in [-0.2, 0) is 16.1 Å². The number of fused-ring (bicyclic) bond motifs is 1. The first kappa shape index (κ1) is 27.0. The summed E-state index contributed by atoms with van der Waals surface area (Å²) >= 11 is 7.46. The topological polar surface area (TPSA) is 101 Å². The Labute approximate surface area is 225 Å². The third kappa shape index (κ3) is 7.99. The maximum Gasteiger partial charge on any atom is 0.407 e. The van der Waals surface area contributed by atoms with Crippen molar-refractivity contribution in [2.75, 3.05) is 19.6 Å². The van der Waals surface area contributed by atoms with E-state index in [9.17, 15) is 14.4 Å². The van der Waals surface area contributed by atoms with Crippen LogP contribution < -0.4 is 10.6 Å². The van der Waals surface area contributed by atoms with Crippen LogP contribution in [0.5, 0.6) is 0 Å². The molecule has 10 heteroatoms. The molecule has 1 aliphatic rings. The minimum atomic E-state index is -0.691. The number of thiazole rings is 1. The lowest BCUT2D eigenvalue weighted by atomic mass is 9.97. The number of ether oxygens (including phenoxy) is 1. The number of piperidine rings is 1. The quantitative estimate of drug-likeness (QED) is 0.202. The minimum absolute atomic E-state index is 0.160. The maximum absolute atomic E-state index is 13.4. The van der Waals surface area contributed by atoms with E-state index in [-0.39, 0.29) is 24.2 Å². The molecule has 2 atom stereocenters. The van der Waals surface area contributed by atoms with E-state index in [1.54, 1.807) is 4.42 Å². The fourth-order valence-electron chi connectivity index (χ4n) is 4.27. The molecule has 0 spiro atoms. The number of alkyl carbamates (subject to hydrolysis) is 1. The molecule has 196 valence electrons. The van der Waals surface area contributed by atoms with Crippen molar-refractivity contribution < 1.29 is 19.1 Å². The van der Waals surface area contributed by atoms with Crippen LogP contribution in [0.2, 0.25) is 0 Å². The van der Waals surface area contributed by atoms with Gasteiger partial charge >= 0.3 is 6.09 Å². The number of nitrogens with zero attached hydrogens (tertiary/aromatic N) is 2. The molecular formula is C27H31ClN4O4S. The van der Waals surface area contributed by atoms with E-state index in [1.165, 1.54) is 11.3 Å². The van der Waals surface area contributed by atoms with Crippen LogP contribution >= 0.6 is 23.1 Å². The molecule has 0 bridgehead atoms. The number of para-hydroxylation sites is 1. The smallest absolute Gasteiger partial charge is 0.407 e. The zero-order valence-corrected chi connectivity index (χ0v) is 22.1. The van der Waals surface area contributed by atoms with Crippen molar-refractivity contribution in [3.63, 3.8) is 0 Å². The van der Waals surface area contributed by atoms with Gasteiger partial charge in [-0.25, -0.2) is 14.2 Å². The number of nitrogens with one attached hydrogen (secondary N) is 2. The molecule has 8 nitrogen and oxygen atoms in total. The van der Waals surface area contributed by atoms with Gasteiger partial charge in [0.2, 0.25) is 11.7 Å². The number of halogens is 1. The molecule has 1 aromatic heterocycles. The van der Waals surface area contributed by atoms with Crippen molar-refractivity contribution in [2.24, 2.45) is 5.92 Å². The molecule has 2 N–H and O–H groups in total. The highest BCUT2D eigenvalue weighted by Crippen LogP contribution is 2.24. The van der Waals surface area contributed by atoms with Crippen LogP contribution in [0.15, 0.2) is 54.6 Å². The Bertz CT molecular complexity index is 1170. The Kier molecular flexibility index (Phi) is 9.87. The lowest BCUT2D eigenvalue weighted by molar-refractivity contribution is -0.126. The molecule has 0 saturated carbocycles. The molecule has 0 unspecified atom stereocenters. The summed E-state index contributed by atoms with van der Waals surface area (Å²) in [5, 5.41) is 6.09. The fourth-order valence-corrected chi connectivity index (χ4v) is 5.51. The van der Waals surface area contributed by atoms with Crippen molar-refractivity contribution in [1.29, 1.82) is 0 Å². The normalized spacial score (nSPS) is 16.7. The third-order valence-electron chi connectivity index (χ3n) is 6.28. The van der Waals surface area contributed by atoms with Crippen LogP contribution in [0.25, 0.3) is 10.2 Å². The molecule has 0 radical (unpaired) electrons. The summed E-state index contributed by atoms with van der Waals surface area (Å²) in [6.07, 6.45) is 2.81. The highest BCUT2D eigenvalue weighted by molar-refractivity contribution is 7.20. The molecule has 37 heavy (non-hydrogen) atoms. The van der Waals surface area contributed by atoms with Gasteiger partial charge in [0, 0.05) is 19.6 Å². The van der Waals surface area contributed by atoms with Gasteiger partial charge in [-0.1, -0.05) is 42.5 Å². The van der Waals surface area contributed by atoms with Crippen molar-refractivity contribution in [3.05, 3.63) is 65.2 Å². The molecule has 3 aromatic rings. The number of amides is 2. The number of hydrogen-bond donors (Lipinski definition) is 2. The van der Waals surface area contributed by atoms with E-state index in [1.807, 2.05) is 54.6 Å². The predicted octanol–water partition coefficient (Wildman–Crippen LogP) is 4.93. The molecule has 2 amide bonds. The highest BCUT2D eigenvalue weighted by Gasteiger charge is 2.30. The highest BCUT2D eigenvalue weighted by atomic mass is 35.5. The number of benzene rings is 2. The summed E-state index contributed by atoms with van der Waals surface area (Å²) in [5.74, 6) is -0.603. The van der Waals surface area contributed by atoms with E-state index in [0.717, 1.165) is 35.2 Å². The van der Waals surface area contributed by atoms with E-state index in [0.29, 0.717) is 37.4 Å². The number of ketones is 1. The number of Topliss-reactive ketones (excluding diaryl/α,β-unsaturated/α-hetero) is 1. The Morgan fingerprint density at radius 2 is 1.89 bits per heavy atom. The Balaban J connectivity index is 1.30. The summed E-state index contributed by atoms with van der Waals surface area (Å²) in [6.45, 7) is 1.83. The largest absolute Gasteiger partial charge is 0.445 e. The SMILES string of the molecule is O=C(NCCCC[C@H](NC(=O)[C@H]1CCCN(Cl)C1)C(=O)c1nc2ccccc2s1)OCc1ccccc1. The number of hydrogen-bond acceptors (Lipinski definition) is 7. The van der Waals surface area contributed by atoms with Crippen LogP contribution in [0.1, 0.15) is 47.5 Å². The van der Waals surface area contributed by atoms with Gasteiger partial charge in [-0.05, 0) is 61.6 Å². The summed E-state index contributed by atoms with van der Waals surface area (Å²) in [7, 11) is 0. The van der Waals surface area contributed by atoms with Crippen LogP contribution in [0.4, 0.5) is 4.79 Å². The number of unbranched alkanes of at least 4 members (excludes halogenated alkanes) is 1. The van der Waals surface area contributed by atoms with Gasteiger partial charge in [0.15, 0.2) is 5.01 Å². The zero-order chi connectivity index (χ0) is 26.0. The van der Waals surface area contributed by atoms with Crippen LogP contribution in [0.3, 0.4) is 0 Å². The minimum Gasteiger partial charge on any atom is -0.445 e. The summed E-state index contributed by atoms with van der Waals surface area (Å²) < 4.78 is 7.78. The standard InChI is InChI=1S/C27H31ClN4O4S/c28-32-16-8-11-20(17-32)25(34)30-22(24(33)26-31-21-12-4-5-14-23(21)37-26)13-6-7-15-29-27(35)36-18-19-9-2-1-3-10-19/h1-5,9-10,12,14,20,22H,6-8,11,13,15-18H2,(H,29,35)(H,30,34)/t20-,22-/m0/s1. The van der Waals surface area contributed by atoms with Crippen molar-refractivity contribution in [3.8, 4) is 0 Å². The molecule has 1 saturated heterocycles. The molecule has 0 aliphatic carbocycles. The van der Waals surface area contributed by atoms with Crippen LogP contribution in [0, 0.1) is 5.92 Å². The number of aromatic nitrogens is 1. The van der Waals surface area contributed by atoms with Crippen LogP contribution in [-0.4, -0.2) is 52.9 Å². The van der Waals surface area contributed by atoms with Gasteiger partial charge in [0.1, 0.15) is 6.61 Å². The average molecular weight is 543 g/mol. The van der Waals surface area contributed by atoms with Crippen molar-refractivity contribution >= 4 is 51.1 Å². The second-order valence-corrected chi connectivity index (χ2v) is 10.6. The number of carbonyl (C=O) groups excluding carboxylic acids is 3. The third-order valence-corrected chi connectivity index (χ3v) is 7.64. The Morgan fingerprint density at radius 1 is 1.11 bits per heavy atom. The molecule has 1 aliphatic heterocycles. The number of carbonyl (C=O) groups is 3. The van der Waals surface area contributed by atoms with Crippen molar-refractivity contribution in [2.45, 2.75) is 44.8 Å². The van der Waals surface area contributed by atoms with Gasteiger partial charge in [-0.15, -0.1) is 11.3 Å². The molecule has 4 rings (SSSR count). The monoisotopic (exact) mass is 542 g/mol. The predicted molar refractivity (Wildman–Crippen MR) is 145 cm³/mol. The van der Waals surface area contributed by atoms with Crippen molar-refractivity contribution in [1.82, 2.24) is 20.0 Å². The first-order valence-corrected chi connectivity index (χ1v) is 13.7. The molecule has 1 fully saturated rings. The van der Waals surface area contributed by atoms with Gasteiger partial charge in [-0.3, -0.25) is 9.59 Å². The lowest BCUT2D eigenvalue weighted by Crippen LogP contribution is -2.47. The van der Waals surface area contributed by atoms with E-state index >= 15 is 0 Å². The van der Waals surface area contributed by atoms with E-state index in [2.05, 4.69) is 15.6 Å². The molecule has 2 aromatic carbocycles. The summed E-state index contributed by atoms with van der Waals surface area (Å²) in [4.78, 5) is 42.9. The fraction of sp³-hybridized carbons (Fsp3) is 0.407. The number of rotatable bonds is 11. The average Bonchev–Trinajstić information content (AvgIpc) is 3.35. The molecule has 2 heterocycles. The van der Waals surface area contributed by atoms with Gasteiger partial charge in [0.05, 0.1) is 22.2 Å². The van der Waals surface area contributed by atoms with Gasteiger partial charge in [-0.2, -0.15) is 0 Å². The lowest BCUT2D eigenvalue weighted by Gasteiger charge is -2.28. The van der Waals surface area contributed by atoms with E-state index in [4.69, 9.17) is 16.5 Å². The Hall–Kier alpha value is -3.01. The first-order chi connectivity index (χ1) is 18.0.